The van der Waals surface area contributed by atoms with Gasteiger partial charge >= 0.3 is 0 Å². The molecule has 26 heavy (non-hydrogen) atoms. The molecule has 1 aromatic heterocycles. The molecule has 2 aromatic carbocycles. The highest BCUT2D eigenvalue weighted by Gasteiger charge is 2.14. The number of hydrogen-bond acceptors (Lipinski definition) is 4. The van der Waals surface area contributed by atoms with E-state index in [1.165, 1.54) is 0 Å². The molecule has 0 aliphatic carbocycles. The van der Waals surface area contributed by atoms with Gasteiger partial charge in [0.25, 0.3) is 5.91 Å². The summed E-state index contributed by atoms with van der Waals surface area (Å²) in [4.78, 5) is 12.3. The molecule has 1 amide bonds. The van der Waals surface area contributed by atoms with Crippen LogP contribution >= 0.6 is 0 Å². The third-order valence-electron chi connectivity index (χ3n) is 4.32. The van der Waals surface area contributed by atoms with Gasteiger partial charge in [-0.2, -0.15) is 5.10 Å². The van der Waals surface area contributed by atoms with E-state index in [0.717, 1.165) is 22.4 Å². The second-order valence-electron chi connectivity index (χ2n) is 6.15. The van der Waals surface area contributed by atoms with Crippen molar-refractivity contribution in [3.8, 4) is 22.8 Å². The van der Waals surface area contributed by atoms with Crippen LogP contribution in [0.1, 0.15) is 27.2 Å². The van der Waals surface area contributed by atoms with Gasteiger partial charge in [0, 0.05) is 12.1 Å². The fourth-order valence-electron chi connectivity index (χ4n) is 2.60. The lowest BCUT2D eigenvalue weighted by molar-refractivity contribution is 0.0946. The number of aryl methyl sites for hydroxylation is 2. The van der Waals surface area contributed by atoms with E-state index < -0.39 is 0 Å². The molecule has 0 aliphatic heterocycles. The van der Waals surface area contributed by atoms with Gasteiger partial charge in [-0.15, -0.1) is 0 Å². The maximum Gasteiger partial charge on any atom is 0.269 e. The number of carbonyl (C=O) groups is 1. The lowest BCUT2D eigenvalue weighted by atomic mass is 10.0. The number of rotatable bonds is 5. The first-order chi connectivity index (χ1) is 12.5. The summed E-state index contributed by atoms with van der Waals surface area (Å²) < 4.78 is 5.11. The van der Waals surface area contributed by atoms with Crippen molar-refractivity contribution in [1.29, 1.82) is 0 Å². The number of amides is 1. The van der Waals surface area contributed by atoms with E-state index in [9.17, 15) is 9.90 Å². The van der Waals surface area contributed by atoms with Crippen LogP contribution < -0.4 is 10.1 Å². The predicted molar refractivity (Wildman–Crippen MR) is 99.3 cm³/mol. The molecule has 3 rings (SSSR count). The molecular formula is C20H21N3O3. The monoisotopic (exact) mass is 351 g/mol. The van der Waals surface area contributed by atoms with Gasteiger partial charge < -0.3 is 15.2 Å². The highest BCUT2D eigenvalue weighted by atomic mass is 16.5. The number of ether oxygens (including phenoxy) is 1. The van der Waals surface area contributed by atoms with E-state index in [-0.39, 0.29) is 11.7 Å². The van der Waals surface area contributed by atoms with Crippen LogP contribution in [-0.2, 0) is 6.54 Å². The van der Waals surface area contributed by atoms with E-state index in [4.69, 9.17) is 4.74 Å². The van der Waals surface area contributed by atoms with Gasteiger partial charge in [0.2, 0.25) is 0 Å². The van der Waals surface area contributed by atoms with E-state index in [0.29, 0.717) is 23.5 Å². The van der Waals surface area contributed by atoms with Gasteiger partial charge in [0.15, 0.2) is 0 Å². The number of nitrogens with one attached hydrogen (secondary N) is 2. The number of hydrogen-bond donors (Lipinski definition) is 3. The molecule has 0 saturated carbocycles. The Bertz CT molecular complexity index is 930. The van der Waals surface area contributed by atoms with Crippen LogP contribution in [0.3, 0.4) is 0 Å². The summed E-state index contributed by atoms with van der Waals surface area (Å²) in [6, 6.07) is 12.7. The zero-order chi connectivity index (χ0) is 18.7. The maximum atomic E-state index is 12.3. The minimum Gasteiger partial charge on any atom is -0.507 e. The number of aromatic nitrogens is 2. The standard InChI is InChI=1S/C20H21N3O3/c1-12-8-16(19(24)9-13(12)2)17-10-18(23-22-17)20(25)21-11-14-4-6-15(26-3)7-5-14/h4-10,24H,11H2,1-3H3,(H,21,25)(H,22,23). The topological polar surface area (TPSA) is 87.2 Å². The van der Waals surface area contributed by atoms with Crippen molar-refractivity contribution in [1.82, 2.24) is 15.5 Å². The summed E-state index contributed by atoms with van der Waals surface area (Å²) in [5.41, 5.74) is 4.47. The van der Waals surface area contributed by atoms with Crippen LogP contribution in [-0.4, -0.2) is 28.3 Å². The quantitative estimate of drug-likeness (QED) is 0.658. The van der Waals surface area contributed by atoms with Crippen molar-refractivity contribution < 1.29 is 14.6 Å². The molecule has 0 saturated heterocycles. The summed E-state index contributed by atoms with van der Waals surface area (Å²) in [7, 11) is 1.61. The summed E-state index contributed by atoms with van der Waals surface area (Å²) >= 11 is 0. The maximum absolute atomic E-state index is 12.3. The SMILES string of the molecule is COc1ccc(CNC(=O)c2cc(-c3cc(C)c(C)cc3O)n[nH]2)cc1. The molecule has 0 spiro atoms. The fourth-order valence-corrected chi connectivity index (χ4v) is 2.60. The minimum atomic E-state index is -0.261. The van der Waals surface area contributed by atoms with E-state index in [1.54, 1.807) is 19.2 Å². The second kappa shape index (κ2) is 7.31. The Hall–Kier alpha value is -3.28. The molecule has 0 fully saturated rings. The average molecular weight is 351 g/mol. The normalized spacial score (nSPS) is 10.6. The Morgan fingerprint density at radius 3 is 2.54 bits per heavy atom. The number of H-pyrrole nitrogens is 1. The van der Waals surface area contributed by atoms with Crippen molar-refractivity contribution in [2.75, 3.05) is 7.11 Å². The summed E-state index contributed by atoms with van der Waals surface area (Å²) in [5.74, 6) is 0.652. The Kier molecular flexibility index (Phi) is 4.93. The van der Waals surface area contributed by atoms with Gasteiger partial charge in [0.1, 0.15) is 17.2 Å². The lowest BCUT2D eigenvalue weighted by Gasteiger charge is -2.06. The molecule has 134 valence electrons. The number of carbonyl (C=O) groups excluding carboxylic acids is 1. The Labute approximate surface area is 151 Å². The summed E-state index contributed by atoms with van der Waals surface area (Å²) in [5, 5.41) is 19.9. The van der Waals surface area contributed by atoms with E-state index >= 15 is 0 Å². The third-order valence-corrected chi connectivity index (χ3v) is 4.32. The molecule has 0 atom stereocenters. The fraction of sp³-hybridized carbons (Fsp3) is 0.200. The number of aromatic amines is 1. The van der Waals surface area contributed by atoms with Crippen LogP contribution in [0.5, 0.6) is 11.5 Å². The molecule has 6 nitrogen and oxygen atoms in total. The van der Waals surface area contributed by atoms with Crippen molar-refractivity contribution >= 4 is 5.91 Å². The molecule has 3 N–H and O–H groups in total. The Balaban J connectivity index is 1.70. The van der Waals surface area contributed by atoms with Crippen molar-refractivity contribution in [3.63, 3.8) is 0 Å². The van der Waals surface area contributed by atoms with E-state index in [2.05, 4.69) is 15.5 Å². The molecule has 0 radical (unpaired) electrons. The number of phenols is 1. The molecule has 0 unspecified atom stereocenters. The first-order valence-corrected chi connectivity index (χ1v) is 8.25. The summed E-state index contributed by atoms with van der Waals surface area (Å²) in [6.07, 6.45) is 0. The second-order valence-corrected chi connectivity index (χ2v) is 6.15. The van der Waals surface area contributed by atoms with Gasteiger partial charge in [-0.05, 0) is 60.9 Å². The van der Waals surface area contributed by atoms with Crippen LogP contribution in [0.4, 0.5) is 0 Å². The van der Waals surface area contributed by atoms with Gasteiger partial charge in [-0.25, -0.2) is 0 Å². The Morgan fingerprint density at radius 1 is 1.15 bits per heavy atom. The molecule has 0 bridgehead atoms. The van der Waals surface area contributed by atoms with Crippen LogP contribution in [0.15, 0.2) is 42.5 Å². The van der Waals surface area contributed by atoms with Crippen molar-refractivity contribution in [2.45, 2.75) is 20.4 Å². The lowest BCUT2D eigenvalue weighted by Crippen LogP contribution is -2.23. The molecular weight excluding hydrogens is 330 g/mol. The molecule has 3 aromatic rings. The number of benzene rings is 2. The minimum absolute atomic E-state index is 0.143. The van der Waals surface area contributed by atoms with E-state index in [1.807, 2.05) is 44.2 Å². The first kappa shape index (κ1) is 17.5. The Morgan fingerprint density at radius 2 is 1.85 bits per heavy atom. The van der Waals surface area contributed by atoms with Gasteiger partial charge in [0.05, 0.1) is 12.8 Å². The predicted octanol–water partition coefficient (Wildman–Crippen LogP) is 3.34. The van der Waals surface area contributed by atoms with Crippen molar-refractivity contribution in [2.24, 2.45) is 0 Å². The molecule has 0 aliphatic rings. The third kappa shape index (κ3) is 3.69. The largest absolute Gasteiger partial charge is 0.507 e. The highest BCUT2D eigenvalue weighted by Crippen LogP contribution is 2.30. The number of nitrogens with zero attached hydrogens (tertiary/aromatic N) is 1. The zero-order valence-electron chi connectivity index (χ0n) is 15.0. The molecule has 1 heterocycles. The first-order valence-electron chi connectivity index (χ1n) is 8.25. The molecule has 6 heteroatoms. The number of aromatic hydroxyl groups is 1. The van der Waals surface area contributed by atoms with Crippen LogP contribution in [0, 0.1) is 13.8 Å². The summed E-state index contributed by atoms with van der Waals surface area (Å²) in [6.45, 7) is 4.29. The van der Waals surface area contributed by atoms with Crippen LogP contribution in [0.2, 0.25) is 0 Å². The van der Waals surface area contributed by atoms with Gasteiger partial charge in [-0.1, -0.05) is 12.1 Å². The van der Waals surface area contributed by atoms with Crippen molar-refractivity contribution in [3.05, 3.63) is 64.8 Å². The number of phenolic OH excluding ortho intramolecular Hbond substituents is 1. The smallest absolute Gasteiger partial charge is 0.269 e. The van der Waals surface area contributed by atoms with Crippen LogP contribution in [0.25, 0.3) is 11.3 Å². The highest BCUT2D eigenvalue weighted by molar-refractivity contribution is 5.93. The zero-order valence-corrected chi connectivity index (χ0v) is 15.0. The number of methoxy groups -OCH3 is 1. The van der Waals surface area contributed by atoms with Gasteiger partial charge in [-0.3, -0.25) is 9.89 Å². The average Bonchev–Trinajstić information content (AvgIpc) is 3.13.